The van der Waals surface area contributed by atoms with Crippen molar-refractivity contribution in [2.45, 2.75) is 54.6 Å². The van der Waals surface area contributed by atoms with Gasteiger partial charge in [0.2, 0.25) is 0 Å². The summed E-state index contributed by atoms with van der Waals surface area (Å²) in [5.41, 5.74) is 11.7. The van der Waals surface area contributed by atoms with Crippen molar-refractivity contribution in [3.05, 3.63) is 128 Å². The van der Waals surface area contributed by atoms with Gasteiger partial charge < -0.3 is 10.6 Å². The Morgan fingerprint density at radius 1 is 0.543 bits per heavy atom. The van der Waals surface area contributed by atoms with Crippen molar-refractivity contribution in [2.24, 2.45) is 0 Å². The molecule has 2 heterocycles. The van der Waals surface area contributed by atoms with Crippen LogP contribution in [0.2, 0.25) is 0 Å². The van der Waals surface area contributed by atoms with E-state index < -0.39 is 0 Å². The number of rotatable bonds is 6. The number of hydrogen-bond donors (Lipinski definition) is 0. The van der Waals surface area contributed by atoms with Crippen LogP contribution in [0.5, 0.6) is 0 Å². The van der Waals surface area contributed by atoms with E-state index in [2.05, 4.69) is 86.4 Å². The molecular weight excluding hydrogens is 472 g/mol. The first-order valence-corrected chi connectivity index (χ1v) is 11.6. The van der Waals surface area contributed by atoms with E-state index in [9.17, 15) is 0 Å². The molecule has 35 heavy (non-hydrogen) atoms. The smallest absolute Gasteiger partial charge is 0.679 e. The molecule has 0 bridgehead atoms. The molecule has 182 valence electrons. The molecular formula is C30H34FeN4. The third kappa shape index (κ3) is 8.54. The van der Waals surface area contributed by atoms with Gasteiger partial charge in [-0.25, -0.2) is 0 Å². The van der Waals surface area contributed by atoms with Gasteiger partial charge in [0, 0.05) is 23.8 Å². The van der Waals surface area contributed by atoms with Gasteiger partial charge in [-0.05, 0) is 65.8 Å². The first kappa shape index (κ1) is 28.1. The summed E-state index contributed by atoms with van der Waals surface area (Å²) in [7, 11) is 0. The van der Waals surface area contributed by atoms with Crippen LogP contribution < -0.4 is 0 Å². The fourth-order valence-electron chi connectivity index (χ4n) is 4.15. The van der Waals surface area contributed by atoms with E-state index in [0.29, 0.717) is 13.1 Å². The molecule has 0 saturated carbocycles. The SMILES string of the molecule is Cc1cc(C)c([N-]Cc2ccccn2)c(C)c1.Cc1cc(C)c([N-]Cc2ccccn2)c(C)c1.[Fe+2]. The van der Waals surface area contributed by atoms with Gasteiger partial charge in [0.1, 0.15) is 0 Å². The summed E-state index contributed by atoms with van der Waals surface area (Å²) in [6.45, 7) is 13.9. The average Bonchev–Trinajstić information content (AvgIpc) is 2.79. The predicted molar refractivity (Wildman–Crippen MR) is 143 cm³/mol. The van der Waals surface area contributed by atoms with Gasteiger partial charge in [0.25, 0.3) is 0 Å². The van der Waals surface area contributed by atoms with Crippen molar-refractivity contribution in [2.75, 3.05) is 0 Å². The summed E-state index contributed by atoms with van der Waals surface area (Å²) in [5, 5.41) is 9.31. The van der Waals surface area contributed by atoms with E-state index in [1.165, 1.54) is 33.4 Å². The summed E-state index contributed by atoms with van der Waals surface area (Å²) in [5.74, 6) is 0. The van der Waals surface area contributed by atoms with Crippen molar-refractivity contribution >= 4 is 11.4 Å². The minimum absolute atomic E-state index is 0. The minimum atomic E-state index is 0. The van der Waals surface area contributed by atoms with Crippen LogP contribution >= 0.6 is 0 Å². The summed E-state index contributed by atoms with van der Waals surface area (Å²) in [6, 6.07) is 20.5. The Hall–Kier alpha value is -3.14. The molecule has 0 amide bonds. The molecule has 0 spiro atoms. The Morgan fingerprint density at radius 3 is 1.17 bits per heavy atom. The number of hydrogen-bond acceptors (Lipinski definition) is 2. The monoisotopic (exact) mass is 506 g/mol. The zero-order valence-electron chi connectivity index (χ0n) is 21.5. The molecule has 0 N–H and O–H groups in total. The van der Waals surface area contributed by atoms with Crippen molar-refractivity contribution in [1.29, 1.82) is 0 Å². The Morgan fingerprint density at radius 2 is 0.886 bits per heavy atom. The summed E-state index contributed by atoms with van der Waals surface area (Å²) in [6.07, 6.45) is 3.61. The fraction of sp³-hybridized carbons (Fsp3) is 0.267. The van der Waals surface area contributed by atoms with E-state index in [0.717, 1.165) is 22.8 Å². The minimum Gasteiger partial charge on any atom is -0.679 e. The molecule has 4 aromatic rings. The second-order valence-electron chi connectivity index (χ2n) is 8.77. The maximum atomic E-state index is 4.65. The molecule has 0 atom stereocenters. The van der Waals surface area contributed by atoms with E-state index >= 15 is 0 Å². The molecule has 5 heteroatoms. The molecule has 0 aliphatic heterocycles. The second-order valence-corrected chi connectivity index (χ2v) is 8.77. The van der Waals surface area contributed by atoms with Gasteiger partial charge in [-0.1, -0.05) is 82.9 Å². The van der Waals surface area contributed by atoms with Crippen LogP contribution in [-0.2, 0) is 30.2 Å². The van der Waals surface area contributed by atoms with Gasteiger partial charge in [-0.3, -0.25) is 9.97 Å². The zero-order chi connectivity index (χ0) is 24.5. The van der Waals surface area contributed by atoms with Gasteiger partial charge in [-0.2, -0.15) is 0 Å². The van der Waals surface area contributed by atoms with Crippen molar-refractivity contribution in [3.63, 3.8) is 0 Å². The Balaban J connectivity index is 0.000000240. The van der Waals surface area contributed by atoms with Gasteiger partial charge in [-0.15, -0.1) is 11.4 Å². The van der Waals surface area contributed by atoms with Crippen LogP contribution in [0.1, 0.15) is 44.8 Å². The average molecular weight is 506 g/mol. The van der Waals surface area contributed by atoms with Crippen molar-refractivity contribution in [1.82, 2.24) is 9.97 Å². The van der Waals surface area contributed by atoms with Gasteiger partial charge >= 0.3 is 17.1 Å². The Labute approximate surface area is 221 Å². The van der Waals surface area contributed by atoms with E-state index in [1.807, 2.05) is 36.4 Å². The van der Waals surface area contributed by atoms with Crippen LogP contribution in [0, 0.1) is 41.5 Å². The van der Waals surface area contributed by atoms with Crippen LogP contribution in [0.15, 0.2) is 73.1 Å². The third-order valence-corrected chi connectivity index (χ3v) is 5.52. The standard InChI is InChI=1S/2C15H17N2.Fe/c2*1-11-8-12(2)15(13(3)9-11)17-10-14-6-4-5-7-16-14;/h2*4-9H,10H2,1-3H3;/q2*-1;+2. The number of nitrogens with zero attached hydrogens (tertiary/aromatic N) is 4. The summed E-state index contributed by atoms with van der Waals surface area (Å²) >= 11 is 0. The first-order valence-electron chi connectivity index (χ1n) is 11.6. The number of benzene rings is 2. The topological polar surface area (TPSA) is 54.0 Å². The molecule has 2 aromatic heterocycles. The van der Waals surface area contributed by atoms with Crippen molar-refractivity contribution < 1.29 is 17.1 Å². The van der Waals surface area contributed by atoms with E-state index in [1.54, 1.807) is 12.4 Å². The third-order valence-electron chi connectivity index (χ3n) is 5.52. The maximum Gasteiger partial charge on any atom is 2.00 e. The normalized spacial score (nSPS) is 10.0. The Bertz CT molecular complexity index is 1060. The van der Waals surface area contributed by atoms with Crippen molar-refractivity contribution in [3.8, 4) is 0 Å². The Kier molecular flexibility index (Phi) is 11.0. The molecule has 4 rings (SSSR count). The molecule has 0 fully saturated rings. The second kappa shape index (κ2) is 13.7. The molecule has 0 aliphatic carbocycles. The molecule has 2 aromatic carbocycles. The van der Waals surface area contributed by atoms with E-state index in [4.69, 9.17) is 0 Å². The van der Waals surface area contributed by atoms with E-state index in [-0.39, 0.29) is 17.1 Å². The molecule has 0 unspecified atom stereocenters. The number of aromatic nitrogens is 2. The molecule has 0 aliphatic rings. The van der Waals surface area contributed by atoms with Crippen LogP contribution in [0.4, 0.5) is 11.4 Å². The number of aryl methyl sites for hydroxylation is 6. The molecule has 0 radical (unpaired) electrons. The van der Waals surface area contributed by atoms with Crippen LogP contribution in [0.25, 0.3) is 10.6 Å². The summed E-state index contributed by atoms with van der Waals surface area (Å²) < 4.78 is 0. The van der Waals surface area contributed by atoms with Gasteiger partial charge in [0.15, 0.2) is 0 Å². The first-order chi connectivity index (χ1) is 16.3. The molecule has 0 saturated heterocycles. The maximum absolute atomic E-state index is 4.65. The predicted octanol–water partition coefficient (Wildman–Crippen LogP) is 8.42. The largest absolute Gasteiger partial charge is 2.00 e. The quantitative estimate of drug-likeness (QED) is 0.247. The van der Waals surface area contributed by atoms with Gasteiger partial charge in [0.05, 0.1) is 0 Å². The molecule has 4 nitrogen and oxygen atoms in total. The number of pyridine rings is 2. The fourth-order valence-corrected chi connectivity index (χ4v) is 4.15. The summed E-state index contributed by atoms with van der Waals surface area (Å²) in [4.78, 5) is 8.55. The van der Waals surface area contributed by atoms with Crippen LogP contribution in [0.3, 0.4) is 0 Å². The zero-order valence-corrected chi connectivity index (χ0v) is 22.6. The van der Waals surface area contributed by atoms with Crippen LogP contribution in [-0.4, -0.2) is 9.97 Å².